The summed E-state index contributed by atoms with van der Waals surface area (Å²) in [6, 6.07) is 0. The molecule has 1 amide bonds. The minimum absolute atomic E-state index is 0.0757. The van der Waals surface area contributed by atoms with Gasteiger partial charge in [0.15, 0.2) is 0 Å². The minimum atomic E-state index is -0.843. The maximum absolute atomic E-state index is 11.3. The van der Waals surface area contributed by atoms with E-state index in [4.69, 9.17) is 5.73 Å². The highest BCUT2D eigenvalue weighted by molar-refractivity contribution is 8.02. The normalized spacial score (nSPS) is 14.4. The Morgan fingerprint density at radius 2 is 1.94 bits per heavy atom. The molecule has 94 valence electrons. The van der Waals surface area contributed by atoms with E-state index in [1.807, 2.05) is 6.92 Å². The van der Waals surface area contributed by atoms with Crippen LogP contribution in [0.25, 0.3) is 0 Å². The molecule has 5 heteroatoms. The summed E-state index contributed by atoms with van der Waals surface area (Å²) in [5.41, 5.74) is 5.06. The number of nitrogens with two attached hydrogens (primary N) is 1. The van der Waals surface area contributed by atoms with Gasteiger partial charge in [-0.15, -0.1) is 11.8 Å². The maximum Gasteiger partial charge on any atom is 0.319 e. The molecular formula is C11H21NO3S. The van der Waals surface area contributed by atoms with Crippen LogP contribution in [0.1, 0.15) is 46.0 Å². The molecule has 3 N–H and O–H groups in total. The van der Waals surface area contributed by atoms with Gasteiger partial charge >= 0.3 is 5.97 Å². The van der Waals surface area contributed by atoms with Crippen LogP contribution in [-0.2, 0) is 9.59 Å². The van der Waals surface area contributed by atoms with E-state index in [1.165, 1.54) is 0 Å². The summed E-state index contributed by atoms with van der Waals surface area (Å²) in [5.74, 6) is -1.22. The fourth-order valence-electron chi connectivity index (χ4n) is 1.54. The number of amides is 1. The van der Waals surface area contributed by atoms with Crippen molar-refractivity contribution >= 4 is 23.6 Å². The zero-order valence-electron chi connectivity index (χ0n) is 9.99. The molecule has 16 heavy (non-hydrogen) atoms. The third kappa shape index (κ3) is 4.88. The number of carbonyl (C=O) groups is 2. The Morgan fingerprint density at radius 3 is 2.31 bits per heavy atom. The van der Waals surface area contributed by atoms with Gasteiger partial charge in [-0.2, -0.15) is 0 Å². The van der Waals surface area contributed by atoms with E-state index in [9.17, 15) is 14.7 Å². The summed E-state index contributed by atoms with van der Waals surface area (Å²) in [4.78, 5) is 22.0. The highest BCUT2D eigenvalue weighted by Gasteiger charge is 2.36. The molecule has 4 nitrogen and oxygen atoms in total. The molecule has 0 spiro atoms. The lowest BCUT2D eigenvalue weighted by atomic mass is 9.98. The molecule has 0 radical (unpaired) electrons. The number of aliphatic carboxylic acids is 1. The van der Waals surface area contributed by atoms with Gasteiger partial charge in [0.25, 0.3) is 0 Å². The summed E-state index contributed by atoms with van der Waals surface area (Å²) in [5, 5.41) is 9.26. The van der Waals surface area contributed by atoms with Crippen molar-refractivity contribution in [3.8, 4) is 0 Å². The highest BCUT2D eigenvalue weighted by Crippen LogP contribution is 2.34. The van der Waals surface area contributed by atoms with Crippen LogP contribution in [0.2, 0.25) is 0 Å². The number of thioether (sulfide) groups is 1. The van der Waals surface area contributed by atoms with Crippen LogP contribution < -0.4 is 5.73 Å². The standard InChI is InChI=1S/C11H21NO3S/c1-3-5-6-7-11(4-2,10(14)15)16-8-9(12)13/h3-8H2,1-2H3,(H2,12,13)(H,14,15). The first-order chi connectivity index (χ1) is 7.48. The fourth-order valence-corrected chi connectivity index (χ4v) is 2.58. The third-order valence-electron chi connectivity index (χ3n) is 2.64. The molecule has 0 aliphatic heterocycles. The van der Waals surface area contributed by atoms with Gasteiger partial charge < -0.3 is 10.8 Å². The van der Waals surface area contributed by atoms with Crippen molar-refractivity contribution in [2.45, 2.75) is 50.7 Å². The van der Waals surface area contributed by atoms with Gasteiger partial charge in [-0.05, 0) is 12.8 Å². The van der Waals surface area contributed by atoms with E-state index in [-0.39, 0.29) is 5.75 Å². The average molecular weight is 247 g/mol. The lowest BCUT2D eigenvalue weighted by Gasteiger charge is -2.27. The number of primary amides is 1. The van der Waals surface area contributed by atoms with Crippen LogP contribution >= 0.6 is 11.8 Å². The average Bonchev–Trinajstić information content (AvgIpc) is 2.23. The Hall–Kier alpha value is -0.710. The smallest absolute Gasteiger partial charge is 0.319 e. The van der Waals surface area contributed by atoms with Crippen molar-refractivity contribution in [3.05, 3.63) is 0 Å². The van der Waals surface area contributed by atoms with Crippen molar-refractivity contribution in [2.24, 2.45) is 5.73 Å². The van der Waals surface area contributed by atoms with Crippen molar-refractivity contribution in [1.82, 2.24) is 0 Å². The summed E-state index contributed by atoms with van der Waals surface area (Å²) in [6.07, 6.45) is 4.07. The molecule has 0 rings (SSSR count). The molecule has 0 aromatic rings. The fraction of sp³-hybridized carbons (Fsp3) is 0.818. The van der Waals surface area contributed by atoms with Crippen molar-refractivity contribution in [2.75, 3.05) is 5.75 Å². The van der Waals surface area contributed by atoms with Crippen molar-refractivity contribution < 1.29 is 14.7 Å². The topological polar surface area (TPSA) is 80.4 Å². The lowest BCUT2D eigenvalue weighted by Crippen LogP contribution is -2.36. The molecule has 0 bridgehead atoms. The van der Waals surface area contributed by atoms with E-state index in [0.717, 1.165) is 31.0 Å². The minimum Gasteiger partial charge on any atom is -0.480 e. The van der Waals surface area contributed by atoms with Gasteiger partial charge in [-0.3, -0.25) is 9.59 Å². The molecule has 0 aliphatic rings. The Labute approximate surface area is 101 Å². The molecule has 0 saturated heterocycles. The zero-order chi connectivity index (χ0) is 12.6. The van der Waals surface area contributed by atoms with E-state index < -0.39 is 16.6 Å². The number of hydrogen-bond donors (Lipinski definition) is 2. The van der Waals surface area contributed by atoms with Crippen LogP contribution in [0.5, 0.6) is 0 Å². The monoisotopic (exact) mass is 247 g/mol. The summed E-state index contributed by atoms with van der Waals surface area (Å²) >= 11 is 1.16. The molecule has 0 aromatic heterocycles. The van der Waals surface area contributed by atoms with Crippen LogP contribution in [0, 0.1) is 0 Å². The number of carboxylic acid groups (broad SMARTS) is 1. The number of unbranched alkanes of at least 4 members (excludes halogenated alkanes) is 2. The second kappa shape index (κ2) is 7.54. The molecule has 0 heterocycles. The van der Waals surface area contributed by atoms with Gasteiger partial charge in [0, 0.05) is 0 Å². The number of carboxylic acids is 1. The summed E-state index contributed by atoms with van der Waals surface area (Å²) in [6.45, 7) is 3.92. The van der Waals surface area contributed by atoms with Gasteiger partial charge in [0.05, 0.1) is 5.75 Å². The molecule has 0 aliphatic carbocycles. The Morgan fingerprint density at radius 1 is 1.31 bits per heavy atom. The predicted molar refractivity (Wildman–Crippen MR) is 66.5 cm³/mol. The Bertz CT molecular complexity index is 245. The van der Waals surface area contributed by atoms with E-state index in [2.05, 4.69) is 6.92 Å². The number of rotatable bonds is 9. The third-order valence-corrected chi connectivity index (χ3v) is 4.28. The van der Waals surface area contributed by atoms with Crippen molar-refractivity contribution in [1.29, 1.82) is 0 Å². The largest absolute Gasteiger partial charge is 0.480 e. The SMILES string of the molecule is CCCCCC(CC)(SCC(N)=O)C(=O)O. The first kappa shape index (κ1) is 15.3. The van der Waals surface area contributed by atoms with Crippen LogP contribution in [0.3, 0.4) is 0 Å². The second-order valence-electron chi connectivity index (χ2n) is 3.87. The Balaban J connectivity index is 4.45. The predicted octanol–water partition coefficient (Wildman–Crippen LogP) is 2.02. The van der Waals surface area contributed by atoms with Gasteiger partial charge in [0.1, 0.15) is 4.75 Å². The molecular weight excluding hydrogens is 226 g/mol. The van der Waals surface area contributed by atoms with Crippen LogP contribution in [0.15, 0.2) is 0 Å². The first-order valence-electron chi connectivity index (χ1n) is 5.64. The summed E-state index contributed by atoms with van der Waals surface area (Å²) in [7, 11) is 0. The molecule has 0 saturated carbocycles. The second-order valence-corrected chi connectivity index (χ2v) is 5.22. The summed E-state index contributed by atoms with van der Waals surface area (Å²) < 4.78 is -0.843. The lowest BCUT2D eigenvalue weighted by molar-refractivity contribution is -0.140. The molecule has 0 aromatic carbocycles. The molecule has 0 fully saturated rings. The molecule has 1 unspecified atom stereocenters. The van der Waals surface area contributed by atoms with Gasteiger partial charge in [-0.1, -0.05) is 33.1 Å². The Kier molecular flexibility index (Phi) is 7.21. The van der Waals surface area contributed by atoms with Crippen LogP contribution in [0.4, 0.5) is 0 Å². The van der Waals surface area contributed by atoms with E-state index in [1.54, 1.807) is 0 Å². The number of hydrogen-bond acceptors (Lipinski definition) is 3. The van der Waals surface area contributed by atoms with Crippen molar-refractivity contribution in [3.63, 3.8) is 0 Å². The maximum atomic E-state index is 11.3. The molecule has 1 atom stereocenters. The van der Waals surface area contributed by atoms with Gasteiger partial charge in [0.2, 0.25) is 5.91 Å². The van der Waals surface area contributed by atoms with Crippen LogP contribution in [-0.4, -0.2) is 27.5 Å². The number of carbonyl (C=O) groups excluding carboxylic acids is 1. The van der Waals surface area contributed by atoms with Gasteiger partial charge in [-0.25, -0.2) is 0 Å². The van der Waals surface area contributed by atoms with E-state index >= 15 is 0 Å². The quantitative estimate of drug-likeness (QED) is 0.611. The first-order valence-corrected chi connectivity index (χ1v) is 6.62. The highest BCUT2D eigenvalue weighted by atomic mass is 32.2. The van der Waals surface area contributed by atoms with E-state index in [0.29, 0.717) is 12.8 Å². The zero-order valence-corrected chi connectivity index (χ0v) is 10.8.